The molecular weight excluding hydrogens is 340 g/mol. The van der Waals surface area contributed by atoms with E-state index in [4.69, 9.17) is 4.52 Å². The molecule has 0 N–H and O–H groups in total. The predicted octanol–water partition coefficient (Wildman–Crippen LogP) is 2.11. The van der Waals surface area contributed by atoms with Crippen LogP contribution in [0.1, 0.15) is 24.3 Å². The van der Waals surface area contributed by atoms with Crippen LogP contribution >= 0.6 is 0 Å². The number of piperidine rings is 1. The smallest absolute Gasteiger partial charge is 0.281 e. The average molecular weight is 364 g/mol. The molecule has 1 saturated heterocycles. The van der Waals surface area contributed by atoms with Gasteiger partial charge in [0.25, 0.3) is 10.2 Å². The second-order valence-electron chi connectivity index (χ2n) is 6.69. The van der Waals surface area contributed by atoms with Crippen LogP contribution in [0.15, 0.2) is 28.8 Å². The zero-order valence-electron chi connectivity index (χ0n) is 14.8. The van der Waals surface area contributed by atoms with Crippen LogP contribution in [0.25, 0.3) is 11.4 Å². The molecule has 1 aromatic heterocycles. The third kappa shape index (κ3) is 3.91. The maximum Gasteiger partial charge on any atom is 0.281 e. The number of rotatable bonds is 5. The van der Waals surface area contributed by atoms with Gasteiger partial charge >= 0.3 is 0 Å². The standard InChI is InChI=1S/C17H24N4O3S/c1-13-7-4-5-9-15(13)17-18-16(24-19-17)11-14-8-6-10-21(12-14)25(22,23)20(2)3/h4-5,7,9,14H,6,8,10-12H2,1-3H3. The van der Waals surface area contributed by atoms with E-state index in [1.54, 1.807) is 18.4 Å². The third-order valence-corrected chi connectivity index (χ3v) is 6.49. The molecule has 136 valence electrons. The molecule has 25 heavy (non-hydrogen) atoms. The summed E-state index contributed by atoms with van der Waals surface area (Å²) in [5.74, 6) is 1.34. The largest absolute Gasteiger partial charge is 0.339 e. The number of hydrogen-bond donors (Lipinski definition) is 0. The molecule has 1 atom stereocenters. The summed E-state index contributed by atoms with van der Waals surface area (Å²) in [5.41, 5.74) is 2.05. The minimum atomic E-state index is -3.37. The van der Waals surface area contributed by atoms with Gasteiger partial charge in [0.1, 0.15) is 0 Å². The molecule has 1 fully saturated rings. The van der Waals surface area contributed by atoms with E-state index in [9.17, 15) is 8.42 Å². The van der Waals surface area contributed by atoms with Crippen molar-refractivity contribution in [2.45, 2.75) is 26.2 Å². The summed E-state index contributed by atoms with van der Waals surface area (Å²) in [6, 6.07) is 7.90. The van der Waals surface area contributed by atoms with E-state index in [1.807, 2.05) is 31.2 Å². The van der Waals surface area contributed by atoms with E-state index in [-0.39, 0.29) is 5.92 Å². The summed E-state index contributed by atoms with van der Waals surface area (Å²) in [6.07, 6.45) is 2.40. The quantitative estimate of drug-likeness (QED) is 0.812. The van der Waals surface area contributed by atoms with Crippen molar-refractivity contribution in [2.75, 3.05) is 27.2 Å². The Morgan fingerprint density at radius 2 is 2.08 bits per heavy atom. The Bertz CT molecular complexity index is 832. The van der Waals surface area contributed by atoms with Gasteiger partial charge in [-0.25, -0.2) is 0 Å². The van der Waals surface area contributed by atoms with Crippen molar-refractivity contribution in [3.05, 3.63) is 35.7 Å². The molecule has 0 radical (unpaired) electrons. The maximum atomic E-state index is 12.3. The van der Waals surface area contributed by atoms with Crippen molar-refractivity contribution in [2.24, 2.45) is 5.92 Å². The lowest BCUT2D eigenvalue weighted by Crippen LogP contribution is -2.45. The van der Waals surface area contributed by atoms with Crippen LogP contribution in [0.3, 0.4) is 0 Å². The Morgan fingerprint density at radius 3 is 2.80 bits per heavy atom. The first-order chi connectivity index (χ1) is 11.9. The van der Waals surface area contributed by atoms with E-state index in [0.717, 1.165) is 24.0 Å². The number of nitrogens with zero attached hydrogens (tertiary/aromatic N) is 4. The summed E-state index contributed by atoms with van der Waals surface area (Å²) in [4.78, 5) is 4.50. The molecule has 0 bridgehead atoms. The van der Waals surface area contributed by atoms with Crippen LogP contribution in [-0.2, 0) is 16.6 Å². The second-order valence-corrected chi connectivity index (χ2v) is 8.83. The second kappa shape index (κ2) is 7.23. The third-order valence-electron chi connectivity index (χ3n) is 4.59. The lowest BCUT2D eigenvalue weighted by atomic mass is 9.96. The molecule has 1 unspecified atom stereocenters. The monoisotopic (exact) mass is 364 g/mol. The molecule has 2 aromatic rings. The minimum absolute atomic E-state index is 0.189. The Kier molecular flexibility index (Phi) is 5.21. The number of hydrogen-bond acceptors (Lipinski definition) is 5. The normalized spacial score (nSPS) is 19.4. The van der Waals surface area contributed by atoms with Gasteiger partial charge in [0.05, 0.1) is 0 Å². The van der Waals surface area contributed by atoms with Gasteiger partial charge in [0.15, 0.2) is 0 Å². The van der Waals surface area contributed by atoms with Gasteiger partial charge in [-0.1, -0.05) is 29.4 Å². The Labute approximate surface area is 148 Å². The van der Waals surface area contributed by atoms with Crippen LogP contribution in [-0.4, -0.2) is 54.4 Å². The number of aromatic nitrogens is 2. The maximum absolute atomic E-state index is 12.3. The summed E-state index contributed by atoms with van der Waals surface area (Å²) in [5, 5.41) is 4.08. The van der Waals surface area contributed by atoms with Gasteiger partial charge in [-0.05, 0) is 31.2 Å². The van der Waals surface area contributed by atoms with E-state index < -0.39 is 10.2 Å². The Balaban J connectivity index is 1.70. The first-order valence-corrected chi connectivity index (χ1v) is 9.84. The van der Waals surface area contributed by atoms with Crippen LogP contribution in [0.4, 0.5) is 0 Å². The average Bonchev–Trinajstić information content (AvgIpc) is 3.03. The molecule has 1 aromatic carbocycles. The summed E-state index contributed by atoms with van der Waals surface area (Å²) in [7, 11) is -0.247. The highest BCUT2D eigenvalue weighted by molar-refractivity contribution is 7.86. The molecule has 3 rings (SSSR count). The lowest BCUT2D eigenvalue weighted by molar-refractivity contribution is 0.238. The van der Waals surface area contributed by atoms with Gasteiger partial charge in [0.2, 0.25) is 11.7 Å². The van der Waals surface area contributed by atoms with Crippen molar-refractivity contribution < 1.29 is 12.9 Å². The molecule has 0 aliphatic carbocycles. The Morgan fingerprint density at radius 1 is 1.32 bits per heavy atom. The summed E-state index contributed by atoms with van der Waals surface area (Å²) >= 11 is 0. The molecule has 7 nitrogen and oxygen atoms in total. The molecule has 2 heterocycles. The molecule has 0 spiro atoms. The lowest BCUT2D eigenvalue weighted by Gasteiger charge is -2.32. The highest BCUT2D eigenvalue weighted by atomic mass is 32.2. The first kappa shape index (κ1) is 18.0. The van der Waals surface area contributed by atoms with Crippen LogP contribution < -0.4 is 0 Å². The van der Waals surface area contributed by atoms with E-state index in [2.05, 4.69) is 10.1 Å². The fourth-order valence-electron chi connectivity index (χ4n) is 3.15. The zero-order chi connectivity index (χ0) is 18.0. The fourth-order valence-corrected chi connectivity index (χ4v) is 4.37. The molecule has 1 aliphatic rings. The zero-order valence-corrected chi connectivity index (χ0v) is 15.7. The Hall–Kier alpha value is -1.77. The molecule has 0 saturated carbocycles. The van der Waals surface area contributed by atoms with E-state index >= 15 is 0 Å². The number of aryl methyl sites for hydroxylation is 1. The van der Waals surface area contributed by atoms with Crippen LogP contribution in [0.2, 0.25) is 0 Å². The highest BCUT2D eigenvalue weighted by Crippen LogP contribution is 2.25. The molecular formula is C17H24N4O3S. The van der Waals surface area contributed by atoms with E-state index in [0.29, 0.717) is 31.2 Å². The van der Waals surface area contributed by atoms with Gasteiger partial charge < -0.3 is 4.52 Å². The van der Waals surface area contributed by atoms with Crippen molar-refractivity contribution in [3.8, 4) is 11.4 Å². The van der Waals surface area contributed by atoms with Crippen LogP contribution in [0.5, 0.6) is 0 Å². The number of benzene rings is 1. The minimum Gasteiger partial charge on any atom is -0.339 e. The SMILES string of the molecule is Cc1ccccc1-c1noc(CC2CCCN(S(=O)(=O)N(C)C)C2)n1. The predicted molar refractivity (Wildman–Crippen MR) is 95.1 cm³/mol. The molecule has 0 amide bonds. The summed E-state index contributed by atoms with van der Waals surface area (Å²) < 4.78 is 32.8. The first-order valence-electron chi connectivity index (χ1n) is 8.44. The van der Waals surface area contributed by atoms with Gasteiger partial charge in [-0.3, -0.25) is 0 Å². The molecule has 1 aliphatic heterocycles. The van der Waals surface area contributed by atoms with Crippen molar-refractivity contribution in [1.29, 1.82) is 0 Å². The van der Waals surface area contributed by atoms with Crippen LogP contribution in [0, 0.1) is 12.8 Å². The highest BCUT2D eigenvalue weighted by Gasteiger charge is 2.31. The van der Waals surface area contributed by atoms with Gasteiger partial charge in [-0.15, -0.1) is 0 Å². The van der Waals surface area contributed by atoms with Gasteiger partial charge in [-0.2, -0.15) is 22.0 Å². The van der Waals surface area contributed by atoms with Gasteiger partial charge in [0, 0.05) is 39.2 Å². The van der Waals surface area contributed by atoms with Crippen molar-refractivity contribution in [3.63, 3.8) is 0 Å². The topological polar surface area (TPSA) is 79.5 Å². The summed E-state index contributed by atoms with van der Waals surface area (Å²) in [6.45, 7) is 3.06. The van der Waals surface area contributed by atoms with Crippen molar-refractivity contribution >= 4 is 10.2 Å². The molecule has 8 heteroatoms. The van der Waals surface area contributed by atoms with Crippen molar-refractivity contribution in [1.82, 2.24) is 18.8 Å². The van der Waals surface area contributed by atoms with E-state index in [1.165, 1.54) is 4.31 Å². The fraction of sp³-hybridized carbons (Fsp3) is 0.529.